The number of hydrogen-bond donors (Lipinski definition) is 0. The van der Waals surface area contributed by atoms with Gasteiger partial charge in [0.2, 0.25) is 0 Å². The van der Waals surface area contributed by atoms with Crippen LogP contribution in [0, 0.1) is 0 Å². The van der Waals surface area contributed by atoms with Crippen molar-refractivity contribution in [3.05, 3.63) is 62.6 Å². The van der Waals surface area contributed by atoms with Crippen molar-refractivity contribution in [2.75, 3.05) is 0 Å². The number of pyridine rings is 1. The van der Waals surface area contributed by atoms with Gasteiger partial charge in [-0.3, -0.25) is 4.79 Å². The minimum absolute atomic E-state index is 0.146. The Morgan fingerprint density at radius 2 is 1.69 bits per heavy atom. The summed E-state index contributed by atoms with van der Waals surface area (Å²) in [5.74, 6) is 0. The number of hydrogen-bond acceptors (Lipinski definition) is 4. The number of nitrogens with zero attached hydrogens (tertiary/aromatic N) is 3. The summed E-state index contributed by atoms with van der Waals surface area (Å²) in [6.07, 6.45) is -9.06. The molecule has 0 bridgehead atoms. The Morgan fingerprint density at radius 3 is 2.31 bits per heavy atom. The van der Waals surface area contributed by atoms with Crippen molar-refractivity contribution < 1.29 is 26.3 Å². The first-order valence-electron chi connectivity index (χ1n) is 7.73. The van der Waals surface area contributed by atoms with Crippen LogP contribution in [-0.4, -0.2) is 14.8 Å². The van der Waals surface area contributed by atoms with Gasteiger partial charge in [0, 0.05) is 20.8 Å². The second-order valence-corrected chi connectivity index (χ2v) is 7.87. The molecule has 150 valence electrons. The molecule has 29 heavy (non-hydrogen) atoms. The SMILES string of the molecule is O=c1c2cc(Br)ccc2sc2nc(C(F)(F)F)c(-n3ccc(C(F)(F)F)n3)cc12. The molecule has 0 spiro atoms. The van der Waals surface area contributed by atoms with Gasteiger partial charge in [0.1, 0.15) is 4.83 Å². The Balaban J connectivity index is 2.07. The van der Waals surface area contributed by atoms with Gasteiger partial charge in [0.15, 0.2) is 16.8 Å². The van der Waals surface area contributed by atoms with E-state index in [1.54, 1.807) is 12.1 Å². The quantitative estimate of drug-likeness (QED) is 0.249. The maximum atomic E-state index is 13.6. The number of rotatable bonds is 1. The van der Waals surface area contributed by atoms with E-state index >= 15 is 0 Å². The summed E-state index contributed by atoms with van der Waals surface area (Å²) in [5.41, 5.74) is -4.15. The maximum absolute atomic E-state index is 13.6. The van der Waals surface area contributed by atoms with Crippen molar-refractivity contribution in [2.45, 2.75) is 12.4 Å². The third-order valence-electron chi connectivity index (χ3n) is 4.00. The second-order valence-electron chi connectivity index (χ2n) is 5.92. The minimum Gasteiger partial charge on any atom is -0.288 e. The summed E-state index contributed by atoms with van der Waals surface area (Å²) in [7, 11) is 0. The van der Waals surface area contributed by atoms with Crippen LogP contribution in [0.15, 0.2) is 45.8 Å². The standard InChI is InChI=1S/C17H6BrF6N3OS/c18-7-1-2-11-8(5-7)13(28)9-6-10(14(17(22,23)24)25-15(9)29-11)27-4-3-12(26-27)16(19,20)21/h1-6H. The molecule has 0 radical (unpaired) electrons. The molecular weight excluding hydrogens is 488 g/mol. The highest BCUT2D eigenvalue weighted by Gasteiger charge is 2.38. The third kappa shape index (κ3) is 3.50. The highest BCUT2D eigenvalue weighted by molar-refractivity contribution is 9.10. The Hall–Kier alpha value is -2.47. The summed E-state index contributed by atoms with van der Waals surface area (Å²) in [4.78, 5) is 16.2. The van der Waals surface area contributed by atoms with E-state index in [1.807, 2.05) is 0 Å². The van der Waals surface area contributed by atoms with E-state index in [0.717, 1.165) is 23.6 Å². The molecule has 0 fully saturated rings. The molecule has 0 saturated carbocycles. The second kappa shape index (κ2) is 6.52. The van der Waals surface area contributed by atoms with Crippen LogP contribution < -0.4 is 5.43 Å². The highest BCUT2D eigenvalue weighted by atomic mass is 79.9. The first-order valence-corrected chi connectivity index (χ1v) is 9.33. The molecule has 0 aliphatic carbocycles. The first kappa shape index (κ1) is 19.8. The van der Waals surface area contributed by atoms with Crippen LogP contribution in [0.4, 0.5) is 26.3 Å². The lowest BCUT2D eigenvalue weighted by atomic mass is 10.2. The van der Waals surface area contributed by atoms with E-state index in [0.29, 0.717) is 19.9 Å². The highest BCUT2D eigenvalue weighted by Crippen LogP contribution is 2.36. The number of aromatic nitrogens is 3. The molecule has 0 aliphatic heterocycles. The molecule has 4 aromatic rings. The van der Waals surface area contributed by atoms with E-state index in [4.69, 9.17) is 0 Å². The fourth-order valence-corrected chi connectivity index (χ4v) is 4.10. The molecule has 3 aromatic heterocycles. The normalized spacial score (nSPS) is 12.8. The van der Waals surface area contributed by atoms with Gasteiger partial charge in [0.25, 0.3) is 0 Å². The summed E-state index contributed by atoms with van der Waals surface area (Å²) < 4.78 is 80.6. The van der Waals surface area contributed by atoms with Crippen LogP contribution in [0.5, 0.6) is 0 Å². The van der Waals surface area contributed by atoms with Crippen molar-refractivity contribution in [2.24, 2.45) is 0 Å². The van der Waals surface area contributed by atoms with Crippen LogP contribution >= 0.6 is 27.3 Å². The van der Waals surface area contributed by atoms with Crippen molar-refractivity contribution in [1.82, 2.24) is 14.8 Å². The summed E-state index contributed by atoms with van der Waals surface area (Å²) in [5, 5.41) is 3.29. The lowest BCUT2D eigenvalue weighted by Gasteiger charge is -2.13. The lowest BCUT2D eigenvalue weighted by Crippen LogP contribution is -2.16. The van der Waals surface area contributed by atoms with Crippen LogP contribution in [0.3, 0.4) is 0 Å². The van der Waals surface area contributed by atoms with Crippen molar-refractivity contribution >= 4 is 47.6 Å². The first-order chi connectivity index (χ1) is 13.4. The topological polar surface area (TPSA) is 47.8 Å². The van der Waals surface area contributed by atoms with Gasteiger partial charge < -0.3 is 0 Å². The number of benzene rings is 1. The van der Waals surface area contributed by atoms with Crippen molar-refractivity contribution in [3.63, 3.8) is 0 Å². The largest absolute Gasteiger partial charge is 0.435 e. The van der Waals surface area contributed by atoms with Crippen LogP contribution in [-0.2, 0) is 12.4 Å². The smallest absolute Gasteiger partial charge is 0.288 e. The molecule has 4 nitrogen and oxygen atoms in total. The molecule has 0 atom stereocenters. The number of fused-ring (bicyclic) bond motifs is 2. The number of halogens is 7. The van der Waals surface area contributed by atoms with Gasteiger partial charge in [-0.2, -0.15) is 31.4 Å². The van der Waals surface area contributed by atoms with Gasteiger partial charge >= 0.3 is 12.4 Å². The van der Waals surface area contributed by atoms with E-state index in [9.17, 15) is 31.1 Å². The fraction of sp³-hybridized carbons (Fsp3) is 0.118. The molecule has 0 unspecified atom stereocenters. The third-order valence-corrected chi connectivity index (χ3v) is 5.57. The summed E-state index contributed by atoms with van der Waals surface area (Å²) >= 11 is 4.10. The van der Waals surface area contributed by atoms with Crippen LogP contribution in [0.1, 0.15) is 11.4 Å². The predicted octanol–water partition coefficient (Wildman–Crippen LogP) is 5.80. The predicted molar refractivity (Wildman–Crippen MR) is 98.2 cm³/mol. The summed E-state index contributed by atoms with van der Waals surface area (Å²) in [6.45, 7) is 0. The average Bonchev–Trinajstić information content (AvgIpc) is 3.11. The van der Waals surface area contributed by atoms with Crippen molar-refractivity contribution in [3.8, 4) is 5.69 Å². The van der Waals surface area contributed by atoms with Gasteiger partial charge in [0.05, 0.1) is 11.1 Å². The van der Waals surface area contributed by atoms with Crippen LogP contribution in [0.25, 0.3) is 26.0 Å². The zero-order valence-corrected chi connectivity index (χ0v) is 16.2. The molecule has 0 saturated heterocycles. The molecule has 12 heteroatoms. The van der Waals surface area contributed by atoms with E-state index < -0.39 is 34.9 Å². The van der Waals surface area contributed by atoms with Gasteiger partial charge in [-0.1, -0.05) is 15.9 Å². The molecular formula is C17H6BrF6N3OS. The minimum atomic E-state index is -4.97. The lowest BCUT2D eigenvalue weighted by molar-refractivity contribution is -0.141. The van der Waals surface area contributed by atoms with E-state index in [2.05, 4.69) is 26.0 Å². The monoisotopic (exact) mass is 493 g/mol. The Labute approximate surface area is 169 Å². The zero-order valence-electron chi connectivity index (χ0n) is 13.8. The Kier molecular flexibility index (Phi) is 4.46. The van der Waals surface area contributed by atoms with Gasteiger partial charge in [-0.05, 0) is 30.3 Å². The molecule has 0 amide bonds. The van der Waals surface area contributed by atoms with Crippen molar-refractivity contribution in [1.29, 1.82) is 0 Å². The molecule has 0 N–H and O–H groups in total. The average molecular weight is 494 g/mol. The Bertz CT molecular complexity index is 1330. The number of alkyl halides is 6. The molecule has 1 aromatic carbocycles. The zero-order chi connectivity index (χ0) is 21.1. The molecule has 3 heterocycles. The van der Waals surface area contributed by atoms with Crippen LogP contribution in [0.2, 0.25) is 0 Å². The van der Waals surface area contributed by atoms with Gasteiger partial charge in [-0.15, -0.1) is 11.3 Å². The van der Waals surface area contributed by atoms with E-state index in [1.165, 1.54) is 6.07 Å². The maximum Gasteiger partial charge on any atom is 0.435 e. The van der Waals surface area contributed by atoms with E-state index in [-0.39, 0.29) is 15.6 Å². The fourth-order valence-electron chi connectivity index (χ4n) is 2.74. The van der Waals surface area contributed by atoms with Gasteiger partial charge in [-0.25, -0.2) is 9.67 Å². The molecule has 4 rings (SSSR count). The Morgan fingerprint density at radius 1 is 0.966 bits per heavy atom. The summed E-state index contributed by atoms with van der Waals surface area (Å²) in [6, 6.07) is 6.13. The molecule has 0 aliphatic rings.